The molecule has 84 valence electrons. The number of Topliss-reactive ketones (excluding diaryl/α,β-unsaturated/α-hetero) is 1. The van der Waals surface area contributed by atoms with Gasteiger partial charge in [0.1, 0.15) is 0 Å². The molecule has 0 aliphatic carbocycles. The van der Waals surface area contributed by atoms with Gasteiger partial charge in [-0.3, -0.25) is 4.79 Å². The summed E-state index contributed by atoms with van der Waals surface area (Å²) in [5, 5.41) is 0.481. The number of carbonyl (C=O) groups excluding carboxylic acids is 2. The lowest BCUT2D eigenvalue weighted by atomic mass is 10.0. The molecule has 0 atom stereocenters. The zero-order valence-corrected chi connectivity index (χ0v) is 9.58. The van der Waals surface area contributed by atoms with Crippen LogP contribution < -0.4 is 0 Å². The molecule has 1 aromatic rings. The Hall–Kier alpha value is -1.61. The van der Waals surface area contributed by atoms with Gasteiger partial charge in [0.2, 0.25) is 0 Å². The maximum atomic E-state index is 11.7. The quantitative estimate of drug-likeness (QED) is 0.460. The Kier molecular flexibility index (Phi) is 4.26. The van der Waals surface area contributed by atoms with Gasteiger partial charge in [-0.15, -0.1) is 0 Å². The molecule has 1 aromatic carbocycles. The molecule has 0 bridgehead atoms. The van der Waals surface area contributed by atoms with E-state index >= 15 is 0 Å². The number of halogens is 1. The summed E-state index contributed by atoms with van der Waals surface area (Å²) in [6, 6.07) is 6.54. The molecule has 1 rings (SSSR count). The SMILES string of the molecule is C=C(CC(=O)c1cccc(Cl)c1)C(=O)OC. The summed E-state index contributed by atoms with van der Waals surface area (Å²) in [4.78, 5) is 22.7. The third kappa shape index (κ3) is 3.21. The van der Waals surface area contributed by atoms with Crippen LogP contribution in [-0.2, 0) is 9.53 Å². The van der Waals surface area contributed by atoms with E-state index in [4.69, 9.17) is 11.6 Å². The predicted molar refractivity (Wildman–Crippen MR) is 61.6 cm³/mol. The number of esters is 1. The first-order chi connectivity index (χ1) is 7.54. The van der Waals surface area contributed by atoms with Crippen molar-refractivity contribution in [3.05, 3.63) is 47.0 Å². The summed E-state index contributed by atoms with van der Waals surface area (Å²) in [6.45, 7) is 3.49. The van der Waals surface area contributed by atoms with E-state index in [1.54, 1.807) is 24.3 Å². The van der Waals surface area contributed by atoms with E-state index in [1.807, 2.05) is 0 Å². The number of ketones is 1. The third-order valence-electron chi connectivity index (χ3n) is 1.99. The van der Waals surface area contributed by atoms with Crippen LogP contribution in [0.1, 0.15) is 16.8 Å². The number of benzene rings is 1. The standard InChI is InChI=1S/C12H11ClO3/c1-8(12(15)16-2)6-11(14)9-4-3-5-10(13)7-9/h3-5,7H,1,6H2,2H3. The van der Waals surface area contributed by atoms with Crippen molar-refractivity contribution >= 4 is 23.4 Å². The van der Waals surface area contributed by atoms with Crippen LogP contribution in [0.3, 0.4) is 0 Å². The largest absolute Gasteiger partial charge is 0.466 e. The fraction of sp³-hybridized carbons (Fsp3) is 0.167. The van der Waals surface area contributed by atoms with E-state index in [9.17, 15) is 9.59 Å². The molecule has 0 radical (unpaired) electrons. The van der Waals surface area contributed by atoms with Gasteiger partial charge in [0.15, 0.2) is 5.78 Å². The molecule has 0 aliphatic heterocycles. The molecular weight excluding hydrogens is 228 g/mol. The van der Waals surface area contributed by atoms with Crippen LogP contribution in [0.15, 0.2) is 36.4 Å². The molecule has 0 saturated carbocycles. The fourth-order valence-corrected chi connectivity index (χ4v) is 1.36. The Morgan fingerprint density at radius 2 is 2.12 bits per heavy atom. The van der Waals surface area contributed by atoms with Gasteiger partial charge in [0, 0.05) is 22.6 Å². The van der Waals surface area contributed by atoms with Gasteiger partial charge < -0.3 is 4.74 Å². The van der Waals surface area contributed by atoms with Crippen molar-refractivity contribution in [2.45, 2.75) is 6.42 Å². The minimum absolute atomic E-state index is 0.0625. The smallest absolute Gasteiger partial charge is 0.333 e. The van der Waals surface area contributed by atoms with E-state index in [0.29, 0.717) is 10.6 Å². The molecule has 0 amide bonds. The number of methoxy groups -OCH3 is 1. The topological polar surface area (TPSA) is 43.4 Å². The van der Waals surface area contributed by atoms with Gasteiger partial charge in [-0.25, -0.2) is 4.79 Å². The molecule has 0 spiro atoms. The molecular formula is C12H11ClO3. The van der Waals surface area contributed by atoms with Crippen molar-refractivity contribution in [3.63, 3.8) is 0 Å². The van der Waals surface area contributed by atoms with Crippen molar-refractivity contribution < 1.29 is 14.3 Å². The Balaban J connectivity index is 2.73. The lowest BCUT2D eigenvalue weighted by Crippen LogP contribution is -2.09. The van der Waals surface area contributed by atoms with E-state index in [2.05, 4.69) is 11.3 Å². The highest BCUT2D eigenvalue weighted by molar-refractivity contribution is 6.31. The van der Waals surface area contributed by atoms with Gasteiger partial charge in [0.25, 0.3) is 0 Å². The first-order valence-electron chi connectivity index (χ1n) is 4.59. The molecule has 3 nitrogen and oxygen atoms in total. The van der Waals surface area contributed by atoms with Crippen LogP contribution in [-0.4, -0.2) is 18.9 Å². The lowest BCUT2D eigenvalue weighted by Gasteiger charge is -2.03. The summed E-state index contributed by atoms with van der Waals surface area (Å²) in [7, 11) is 1.25. The Morgan fingerprint density at radius 1 is 1.44 bits per heavy atom. The zero-order chi connectivity index (χ0) is 12.1. The second-order valence-corrected chi connectivity index (χ2v) is 3.64. The fourth-order valence-electron chi connectivity index (χ4n) is 1.17. The maximum Gasteiger partial charge on any atom is 0.333 e. The molecule has 0 saturated heterocycles. The molecule has 0 unspecified atom stereocenters. The van der Waals surface area contributed by atoms with Crippen LogP contribution >= 0.6 is 11.6 Å². The molecule has 0 fully saturated rings. The van der Waals surface area contributed by atoms with E-state index < -0.39 is 5.97 Å². The van der Waals surface area contributed by atoms with Crippen molar-refractivity contribution in [3.8, 4) is 0 Å². The minimum atomic E-state index is -0.574. The highest BCUT2D eigenvalue weighted by Gasteiger charge is 2.13. The van der Waals surface area contributed by atoms with Crippen LogP contribution in [0.4, 0.5) is 0 Å². The Morgan fingerprint density at radius 3 is 2.69 bits per heavy atom. The first kappa shape index (κ1) is 12.5. The van der Waals surface area contributed by atoms with E-state index in [1.165, 1.54) is 7.11 Å². The number of hydrogen-bond acceptors (Lipinski definition) is 3. The monoisotopic (exact) mass is 238 g/mol. The molecule has 0 N–H and O–H groups in total. The van der Waals surface area contributed by atoms with Crippen molar-refractivity contribution in [1.29, 1.82) is 0 Å². The van der Waals surface area contributed by atoms with Crippen molar-refractivity contribution in [2.75, 3.05) is 7.11 Å². The van der Waals surface area contributed by atoms with Gasteiger partial charge in [-0.05, 0) is 12.1 Å². The number of carbonyl (C=O) groups is 2. The van der Waals surface area contributed by atoms with Crippen LogP contribution in [0.2, 0.25) is 5.02 Å². The highest BCUT2D eigenvalue weighted by Crippen LogP contribution is 2.14. The number of rotatable bonds is 4. The maximum absolute atomic E-state index is 11.7. The Bertz CT molecular complexity index is 438. The summed E-state index contributed by atoms with van der Waals surface area (Å²) >= 11 is 5.75. The van der Waals surface area contributed by atoms with Crippen molar-refractivity contribution in [1.82, 2.24) is 0 Å². The van der Waals surface area contributed by atoms with Crippen LogP contribution in [0.5, 0.6) is 0 Å². The van der Waals surface area contributed by atoms with Crippen LogP contribution in [0.25, 0.3) is 0 Å². The van der Waals surface area contributed by atoms with Gasteiger partial charge in [0.05, 0.1) is 7.11 Å². The average molecular weight is 239 g/mol. The molecule has 4 heteroatoms. The van der Waals surface area contributed by atoms with Crippen molar-refractivity contribution in [2.24, 2.45) is 0 Å². The molecule has 16 heavy (non-hydrogen) atoms. The summed E-state index contributed by atoms with van der Waals surface area (Å²) in [5.41, 5.74) is 0.588. The zero-order valence-electron chi connectivity index (χ0n) is 8.83. The third-order valence-corrected chi connectivity index (χ3v) is 2.23. The predicted octanol–water partition coefficient (Wildman–Crippen LogP) is 2.64. The molecule has 0 aromatic heterocycles. The van der Waals surface area contributed by atoms with E-state index in [0.717, 1.165) is 0 Å². The summed E-state index contributed by atoms with van der Waals surface area (Å²) in [6.07, 6.45) is -0.0625. The number of ether oxygens (including phenoxy) is 1. The Labute approximate surface area is 98.7 Å². The second-order valence-electron chi connectivity index (χ2n) is 3.21. The number of hydrogen-bond donors (Lipinski definition) is 0. The first-order valence-corrected chi connectivity index (χ1v) is 4.97. The van der Waals surface area contributed by atoms with Gasteiger partial charge >= 0.3 is 5.97 Å². The van der Waals surface area contributed by atoms with Gasteiger partial charge in [-0.2, -0.15) is 0 Å². The van der Waals surface area contributed by atoms with E-state index in [-0.39, 0.29) is 17.8 Å². The second kappa shape index (κ2) is 5.47. The average Bonchev–Trinajstić information content (AvgIpc) is 2.27. The van der Waals surface area contributed by atoms with Crippen LogP contribution in [0, 0.1) is 0 Å². The summed E-state index contributed by atoms with van der Waals surface area (Å²) < 4.78 is 4.46. The highest BCUT2D eigenvalue weighted by atomic mass is 35.5. The minimum Gasteiger partial charge on any atom is -0.466 e. The lowest BCUT2D eigenvalue weighted by molar-refractivity contribution is -0.136. The normalized spacial score (nSPS) is 9.62. The van der Waals surface area contributed by atoms with Gasteiger partial charge in [-0.1, -0.05) is 30.3 Å². The molecule has 0 aliphatic rings. The molecule has 0 heterocycles. The summed E-state index contributed by atoms with van der Waals surface area (Å²) in [5.74, 6) is -0.784.